The zero-order chi connectivity index (χ0) is 13.9. The number of aromatic nitrogens is 4. The van der Waals surface area contributed by atoms with Crippen molar-refractivity contribution < 1.29 is 0 Å². The molecule has 3 rings (SSSR count). The molecule has 0 saturated heterocycles. The van der Waals surface area contributed by atoms with Crippen LogP contribution in [0.2, 0.25) is 0 Å². The Hall–Kier alpha value is -2.62. The number of hydrogen-bond acceptors (Lipinski definition) is 4. The molecule has 20 heavy (non-hydrogen) atoms. The van der Waals surface area contributed by atoms with E-state index in [0.717, 1.165) is 28.3 Å². The van der Waals surface area contributed by atoms with E-state index in [1.54, 1.807) is 12.4 Å². The van der Waals surface area contributed by atoms with E-state index in [4.69, 9.17) is 0 Å². The van der Waals surface area contributed by atoms with E-state index in [0.29, 0.717) is 5.82 Å². The van der Waals surface area contributed by atoms with E-state index < -0.39 is 0 Å². The first-order valence-corrected chi connectivity index (χ1v) is 6.42. The molecule has 0 spiro atoms. The molecular weight excluding hydrogens is 248 g/mol. The van der Waals surface area contributed by atoms with Gasteiger partial charge in [0.05, 0.1) is 0 Å². The largest absolute Gasteiger partial charge is 0.265 e. The van der Waals surface area contributed by atoms with Gasteiger partial charge in [0.2, 0.25) is 0 Å². The minimum absolute atomic E-state index is 0.714. The molecule has 4 nitrogen and oxygen atoms in total. The Kier molecular flexibility index (Phi) is 3.21. The third-order valence-corrected chi connectivity index (χ3v) is 2.99. The third-order valence-electron chi connectivity index (χ3n) is 2.99. The van der Waals surface area contributed by atoms with E-state index in [9.17, 15) is 0 Å². The maximum Gasteiger partial charge on any atom is 0.163 e. The second kappa shape index (κ2) is 5.17. The Balaban J connectivity index is 2.07. The molecule has 98 valence electrons. The molecule has 2 aromatic heterocycles. The highest BCUT2D eigenvalue weighted by Gasteiger charge is 2.06. The van der Waals surface area contributed by atoms with Gasteiger partial charge < -0.3 is 0 Å². The van der Waals surface area contributed by atoms with Gasteiger partial charge in [-0.3, -0.25) is 4.98 Å². The van der Waals surface area contributed by atoms with Gasteiger partial charge in [-0.2, -0.15) is 0 Å². The lowest BCUT2D eigenvalue weighted by Gasteiger charge is -2.06. The number of aryl methyl sites for hydroxylation is 2. The summed E-state index contributed by atoms with van der Waals surface area (Å²) in [6.07, 6.45) is 3.58. The first kappa shape index (κ1) is 12.4. The van der Waals surface area contributed by atoms with Crippen molar-refractivity contribution in [1.82, 2.24) is 19.9 Å². The Labute approximate surface area is 117 Å². The van der Waals surface area contributed by atoms with Crippen molar-refractivity contribution in [2.45, 2.75) is 13.8 Å². The van der Waals surface area contributed by atoms with Crippen LogP contribution >= 0.6 is 0 Å². The number of benzene rings is 1. The predicted molar refractivity (Wildman–Crippen MR) is 78.0 cm³/mol. The Morgan fingerprint density at radius 3 is 2.05 bits per heavy atom. The molecule has 0 saturated carbocycles. The maximum absolute atomic E-state index is 4.40. The summed E-state index contributed by atoms with van der Waals surface area (Å²) in [7, 11) is 0. The van der Waals surface area contributed by atoms with Gasteiger partial charge in [-0.05, 0) is 43.2 Å². The van der Waals surface area contributed by atoms with Crippen LogP contribution in [0.25, 0.3) is 22.5 Å². The van der Waals surface area contributed by atoms with Crippen LogP contribution in [0.5, 0.6) is 0 Å². The summed E-state index contributed by atoms with van der Waals surface area (Å²) in [5.74, 6) is 2.19. The van der Waals surface area contributed by atoms with Crippen molar-refractivity contribution in [2.75, 3.05) is 0 Å². The van der Waals surface area contributed by atoms with Gasteiger partial charge >= 0.3 is 0 Å². The van der Waals surface area contributed by atoms with Crippen molar-refractivity contribution >= 4 is 0 Å². The van der Waals surface area contributed by atoms with Crippen LogP contribution in [0.3, 0.4) is 0 Å². The van der Waals surface area contributed by atoms with E-state index in [-0.39, 0.29) is 0 Å². The summed E-state index contributed by atoms with van der Waals surface area (Å²) in [6, 6.07) is 12.2. The third kappa shape index (κ3) is 2.54. The number of hydrogen-bond donors (Lipinski definition) is 0. The molecule has 3 aromatic rings. The zero-order valence-electron chi connectivity index (χ0n) is 11.4. The Bertz CT molecular complexity index is 718. The summed E-state index contributed by atoms with van der Waals surface area (Å²) in [6.45, 7) is 3.76. The highest BCUT2D eigenvalue weighted by molar-refractivity contribution is 5.69. The lowest BCUT2D eigenvalue weighted by molar-refractivity contribution is 0.928. The summed E-state index contributed by atoms with van der Waals surface area (Å²) < 4.78 is 0. The van der Waals surface area contributed by atoms with Crippen LogP contribution < -0.4 is 0 Å². The van der Waals surface area contributed by atoms with Crippen LogP contribution in [0.4, 0.5) is 0 Å². The highest BCUT2D eigenvalue weighted by atomic mass is 15.0. The van der Waals surface area contributed by atoms with Crippen LogP contribution in [0.1, 0.15) is 11.6 Å². The fourth-order valence-electron chi connectivity index (χ4n) is 2.13. The summed E-state index contributed by atoms with van der Waals surface area (Å²) >= 11 is 0. The molecule has 0 unspecified atom stereocenters. The molecule has 0 aliphatic rings. The van der Waals surface area contributed by atoms with Crippen molar-refractivity contribution in [3.8, 4) is 22.5 Å². The molecule has 1 aromatic carbocycles. The standard InChI is InChI=1S/C16H14N4/c1-11-18-12(2)20-16(19-11)15-5-3-4-14(10-15)13-6-8-17-9-7-13/h3-10H,1-2H3. The van der Waals surface area contributed by atoms with Gasteiger partial charge in [0.15, 0.2) is 5.82 Å². The van der Waals surface area contributed by atoms with E-state index in [1.165, 1.54) is 0 Å². The second-order valence-corrected chi connectivity index (χ2v) is 4.57. The first-order chi connectivity index (χ1) is 9.72. The minimum Gasteiger partial charge on any atom is -0.265 e. The molecule has 0 amide bonds. The van der Waals surface area contributed by atoms with Gasteiger partial charge in [-0.1, -0.05) is 18.2 Å². The summed E-state index contributed by atoms with van der Waals surface area (Å²) in [5.41, 5.74) is 3.25. The second-order valence-electron chi connectivity index (χ2n) is 4.57. The fraction of sp³-hybridized carbons (Fsp3) is 0.125. The van der Waals surface area contributed by atoms with Crippen LogP contribution in [0.15, 0.2) is 48.8 Å². The van der Waals surface area contributed by atoms with Crippen molar-refractivity contribution in [3.05, 3.63) is 60.4 Å². The smallest absolute Gasteiger partial charge is 0.163 e. The monoisotopic (exact) mass is 262 g/mol. The SMILES string of the molecule is Cc1nc(C)nc(-c2cccc(-c3ccncc3)c2)n1. The molecule has 0 radical (unpaired) electrons. The van der Waals surface area contributed by atoms with Crippen molar-refractivity contribution in [2.24, 2.45) is 0 Å². The summed E-state index contributed by atoms with van der Waals surface area (Å²) in [4.78, 5) is 17.1. The van der Waals surface area contributed by atoms with E-state index >= 15 is 0 Å². The normalized spacial score (nSPS) is 10.5. The highest BCUT2D eigenvalue weighted by Crippen LogP contribution is 2.23. The fourth-order valence-corrected chi connectivity index (χ4v) is 2.13. The number of nitrogens with zero attached hydrogens (tertiary/aromatic N) is 4. The quantitative estimate of drug-likeness (QED) is 0.711. The van der Waals surface area contributed by atoms with Crippen molar-refractivity contribution in [3.63, 3.8) is 0 Å². The van der Waals surface area contributed by atoms with E-state index in [2.05, 4.69) is 32.1 Å². The molecule has 0 atom stereocenters. The van der Waals surface area contributed by atoms with Crippen LogP contribution in [-0.4, -0.2) is 19.9 Å². The average molecular weight is 262 g/mol. The van der Waals surface area contributed by atoms with E-state index in [1.807, 2.05) is 38.1 Å². The molecule has 2 heterocycles. The molecule has 0 aliphatic heterocycles. The number of rotatable bonds is 2. The Morgan fingerprint density at radius 1 is 0.700 bits per heavy atom. The van der Waals surface area contributed by atoms with Gasteiger partial charge in [-0.25, -0.2) is 15.0 Å². The molecular formula is C16H14N4. The van der Waals surface area contributed by atoms with Gasteiger partial charge in [-0.15, -0.1) is 0 Å². The zero-order valence-corrected chi connectivity index (χ0v) is 11.4. The molecule has 4 heteroatoms. The average Bonchev–Trinajstić information content (AvgIpc) is 2.47. The van der Waals surface area contributed by atoms with Gasteiger partial charge in [0.25, 0.3) is 0 Å². The topological polar surface area (TPSA) is 51.6 Å². The first-order valence-electron chi connectivity index (χ1n) is 6.42. The predicted octanol–water partition coefficient (Wildman–Crippen LogP) is 3.22. The van der Waals surface area contributed by atoms with Gasteiger partial charge in [0, 0.05) is 18.0 Å². The van der Waals surface area contributed by atoms with Crippen LogP contribution in [0, 0.1) is 13.8 Å². The minimum atomic E-state index is 0.714. The molecule has 0 aliphatic carbocycles. The van der Waals surface area contributed by atoms with Crippen LogP contribution in [-0.2, 0) is 0 Å². The molecule has 0 N–H and O–H groups in total. The molecule has 0 fully saturated rings. The molecule has 0 bridgehead atoms. The van der Waals surface area contributed by atoms with Crippen molar-refractivity contribution in [1.29, 1.82) is 0 Å². The Morgan fingerprint density at radius 2 is 1.35 bits per heavy atom. The lowest BCUT2D eigenvalue weighted by Crippen LogP contribution is -1.98. The lowest BCUT2D eigenvalue weighted by atomic mass is 10.0. The summed E-state index contributed by atoms with van der Waals surface area (Å²) in [5, 5.41) is 0. The van der Waals surface area contributed by atoms with Gasteiger partial charge in [0.1, 0.15) is 11.6 Å². The maximum atomic E-state index is 4.40. The number of pyridine rings is 1.